The van der Waals surface area contributed by atoms with Gasteiger partial charge in [-0.05, 0) is 38.8 Å². The van der Waals surface area contributed by atoms with E-state index in [1.807, 2.05) is 43.5 Å². The Hall–Kier alpha value is -2.45. The van der Waals surface area contributed by atoms with E-state index in [4.69, 9.17) is 16.3 Å². The average molecular weight is 433 g/mol. The number of imidazole rings is 1. The summed E-state index contributed by atoms with van der Waals surface area (Å²) in [5.74, 6) is 0.776. The molecule has 0 aliphatic carbocycles. The standard InChI is InChI=1S/C21H26ClFN6O/c1-12(2)29-17-10-13(9-16(23)19(17)27-21(29)28(3)4)18-15(22)11-24-20(26-18)25-14-5-7-30-8-6-14/h9-12,14H,5-8H2,1-4H3,(H,24,25,26). The van der Waals surface area contributed by atoms with Gasteiger partial charge in [-0.15, -0.1) is 0 Å². The van der Waals surface area contributed by atoms with Gasteiger partial charge in [-0.3, -0.25) is 0 Å². The van der Waals surface area contributed by atoms with Crippen LogP contribution in [0.15, 0.2) is 18.3 Å². The minimum Gasteiger partial charge on any atom is -0.381 e. The van der Waals surface area contributed by atoms with E-state index in [1.54, 1.807) is 6.20 Å². The summed E-state index contributed by atoms with van der Waals surface area (Å²) in [5.41, 5.74) is 2.12. The minimum absolute atomic E-state index is 0.105. The van der Waals surface area contributed by atoms with Gasteiger partial charge in [0.05, 0.1) is 22.4 Å². The van der Waals surface area contributed by atoms with Gasteiger partial charge in [0.25, 0.3) is 0 Å². The molecule has 0 atom stereocenters. The highest BCUT2D eigenvalue weighted by Crippen LogP contribution is 2.34. The second-order valence-corrected chi connectivity index (χ2v) is 8.42. The number of aromatic nitrogens is 4. The Balaban J connectivity index is 1.79. The summed E-state index contributed by atoms with van der Waals surface area (Å²) in [5, 5.41) is 3.71. The lowest BCUT2D eigenvalue weighted by Gasteiger charge is -2.23. The Kier molecular flexibility index (Phi) is 5.79. The molecule has 4 rings (SSSR count). The van der Waals surface area contributed by atoms with Crippen LogP contribution in [0.5, 0.6) is 0 Å². The minimum atomic E-state index is -0.404. The highest BCUT2D eigenvalue weighted by atomic mass is 35.5. The van der Waals surface area contributed by atoms with Crippen molar-refractivity contribution in [3.63, 3.8) is 0 Å². The Bertz CT molecular complexity index is 1060. The first-order valence-corrected chi connectivity index (χ1v) is 10.5. The summed E-state index contributed by atoms with van der Waals surface area (Å²) < 4.78 is 22.5. The van der Waals surface area contributed by atoms with Crippen molar-refractivity contribution in [2.24, 2.45) is 0 Å². The monoisotopic (exact) mass is 432 g/mol. The number of nitrogens with one attached hydrogen (secondary N) is 1. The number of fused-ring (bicyclic) bond motifs is 1. The zero-order valence-corrected chi connectivity index (χ0v) is 18.4. The fourth-order valence-electron chi connectivity index (χ4n) is 3.77. The van der Waals surface area contributed by atoms with Crippen LogP contribution in [0, 0.1) is 5.82 Å². The van der Waals surface area contributed by atoms with Crippen LogP contribution in [0.4, 0.5) is 16.3 Å². The van der Waals surface area contributed by atoms with E-state index in [1.165, 1.54) is 6.07 Å². The second-order valence-electron chi connectivity index (χ2n) is 8.02. The molecule has 7 nitrogen and oxygen atoms in total. The van der Waals surface area contributed by atoms with Crippen molar-refractivity contribution in [1.82, 2.24) is 19.5 Å². The predicted octanol–water partition coefficient (Wildman–Crippen LogP) is 4.52. The van der Waals surface area contributed by atoms with E-state index in [0.717, 1.165) is 12.8 Å². The van der Waals surface area contributed by atoms with Gasteiger partial charge in [0.1, 0.15) is 5.52 Å². The van der Waals surface area contributed by atoms with E-state index in [-0.39, 0.29) is 12.1 Å². The maximum Gasteiger partial charge on any atom is 0.223 e. The normalized spacial score (nSPS) is 15.2. The lowest BCUT2D eigenvalue weighted by Crippen LogP contribution is -2.28. The molecule has 1 saturated heterocycles. The third kappa shape index (κ3) is 3.94. The molecule has 1 aromatic carbocycles. The van der Waals surface area contributed by atoms with Crippen LogP contribution in [-0.2, 0) is 4.74 Å². The van der Waals surface area contributed by atoms with Crippen LogP contribution in [0.2, 0.25) is 5.02 Å². The van der Waals surface area contributed by atoms with Crippen molar-refractivity contribution in [2.45, 2.75) is 38.8 Å². The van der Waals surface area contributed by atoms with E-state index in [0.29, 0.717) is 52.4 Å². The predicted molar refractivity (Wildman–Crippen MR) is 118 cm³/mol. The first kappa shape index (κ1) is 20.8. The summed E-state index contributed by atoms with van der Waals surface area (Å²) in [6.07, 6.45) is 3.34. The number of benzene rings is 1. The number of hydrogen-bond acceptors (Lipinski definition) is 6. The lowest BCUT2D eigenvalue weighted by atomic mass is 10.1. The van der Waals surface area contributed by atoms with E-state index >= 15 is 4.39 Å². The van der Waals surface area contributed by atoms with Crippen molar-refractivity contribution >= 4 is 34.5 Å². The maximum atomic E-state index is 15.0. The van der Waals surface area contributed by atoms with Gasteiger partial charge in [-0.1, -0.05) is 11.6 Å². The number of ether oxygens (including phenoxy) is 1. The fraction of sp³-hybridized carbons (Fsp3) is 0.476. The summed E-state index contributed by atoms with van der Waals surface area (Å²) in [6.45, 7) is 5.53. The molecule has 9 heteroatoms. The molecule has 0 unspecified atom stereocenters. The lowest BCUT2D eigenvalue weighted by molar-refractivity contribution is 0.0903. The second kappa shape index (κ2) is 8.35. The number of hydrogen-bond donors (Lipinski definition) is 1. The fourth-order valence-corrected chi connectivity index (χ4v) is 3.97. The zero-order chi connectivity index (χ0) is 21.4. The molecular formula is C21H26ClFN6O. The summed E-state index contributed by atoms with van der Waals surface area (Å²) in [6, 6.07) is 3.68. The van der Waals surface area contributed by atoms with Crippen molar-refractivity contribution in [2.75, 3.05) is 37.5 Å². The molecule has 1 fully saturated rings. The molecule has 1 N–H and O–H groups in total. The Morgan fingerprint density at radius 2 is 1.97 bits per heavy atom. The Morgan fingerprint density at radius 3 is 2.63 bits per heavy atom. The van der Waals surface area contributed by atoms with Crippen LogP contribution in [0.3, 0.4) is 0 Å². The summed E-state index contributed by atoms with van der Waals surface area (Å²) >= 11 is 6.41. The van der Waals surface area contributed by atoms with E-state index < -0.39 is 5.82 Å². The van der Waals surface area contributed by atoms with E-state index in [9.17, 15) is 0 Å². The molecule has 160 valence electrons. The smallest absolute Gasteiger partial charge is 0.223 e. The average Bonchev–Trinajstić information content (AvgIpc) is 3.11. The van der Waals surface area contributed by atoms with Crippen LogP contribution in [-0.4, -0.2) is 52.9 Å². The molecule has 0 saturated carbocycles. The van der Waals surface area contributed by atoms with E-state index in [2.05, 4.69) is 20.3 Å². The Labute approximate surface area is 180 Å². The van der Waals surface area contributed by atoms with Crippen LogP contribution in [0.25, 0.3) is 22.3 Å². The largest absolute Gasteiger partial charge is 0.381 e. The molecule has 0 bridgehead atoms. The van der Waals surface area contributed by atoms with Gasteiger partial charge in [0, 0.05) is 45.0 Å². The maximum absolute atomic E-state index is 15.0. The quantitative estimate of drug-likeness (QED) is 0.639. The zero-order valence-electron chi connectivity index (χ0n) is 17.6. The van der Waals surface area contributed by atoms with Gasteiger partial charge < -0.3 is 19.5 Å². The molecule has 3 aromatic rings. The number of rotatable bonds is 5. The topological polar surface area (TPSA) is 68.1 Å². The summed E-state index contributed by atoms with van der Waals surface area (Å²) in [7, 11) is 3.79. The number of nitrogens with zero attached hydrogens (tertiary/aromatic N) is 5. The van der Waals surface area contributed by atoms with Gasteiger partial charge in [0.2, 0.25) is 11.9 Å². The van der Waals surface area contributed by atoms with Crippen molar-refractivity contribution in [3.05, 3.63) is 29.2 Å². The highest BCUT2D eigenvalue weighted by molar-refractivity contribution is 6.33. The molecule has 1 aliphatic heterocycles. The number of anilines is 2. The van der Waals surface area contributed by atoms with Gasteiger partial charge in [-0.2, -0.15) is 0 Å². The number of halogens is 2. The van der Waals surface area contributed by atoms with Gasteiger partial charge >= 0.3 is 0 Å². The summed E-state index contributed by atoms with van der Waals surface area (Å²) in [4.78, 5) is 15.3. The first-order valence-electron chi connectivity index (χ1n) is 10.1. The third-order valence-corrected chi connectivity index (χ3v) is 5.50. The third-order valence-electron chi connectivity index (χ3n) is 5.22. The molecule has 0 spiro atoms. The molecule has 0 radical (unpaired) electrons. The van der Waals surface area contributed by atoms with Gasteiger partial charge in [0.15, 0.2) is 5.82 Å². The molecule has 30 heavy (non-hydrogen) atoms. The molecular weight excluding hydrogens is 407 g/mol. The van der Waals surface area contributed by atoms with Crippen molar-refractivity contribution in [3.8, 4) is 11.3 Å². The Morgan fingerprint density at radius 1 is 1.23 bits per heavy atom. The van der Waals surface area contributed by atoms with Gasteiger partial charge in [-0.25, -0.2) is 19.3 Å². The van der Waals surface area contributed by atoms with Crippen LogP contribution in [0.1, 0.15) is 32.7 Å². The van der Waals surface area contributed by atoms with Crippen molar-refractivity contribution in [1.29, 1.82) is 0 Å². The SMILES string of the molecule is CC(C)n1c(N(C)C)nc2c(F)cc(-c3nc(NC4CCOCC4)ncc3Cl)cc21. The van der Waals surface area contributed by atoms with Crippen LogP contribution < -0.4 is 10.2 Å². The molecule has 3 heterocycles. The highest BCUT2D eigenvalue weighted by Gasteiger charge is 2.21. The first-order chi connectivity index (χ1) is 14.3. The van der Waals surface area contributed by atoms with Crippen LogP contribution >= 0.6 is 11.6 Å². The molecule has 2 aromatic heterocycles. The molecule has 1 aliphatic rings. The molecule has 0 amide bonds. The van der Waals surface area contributed by atoms with Crippen molar-refractivity contribution < 1.29 is 9.13 Å².